The zero-order chi connectivity index (χ0) is 11.3. The third-order valence-electron chi connectivity index (χ3n) is 2.20. The Hall–Kier alpha value is -0.830. The average molecular weight is 271 g/mol. The van der Waals surface area contributed by atoms with Gasteiger partial charge < -0.3 is 4.74 Å². The van der Waals surface area contributed by atoms with Gasteiger partial charge in [-0.2, -0.15) is 0 Å². The number of ketones is 1. The van der Waals surface area contributed by atoms with E-state index in [-0.39, 0.29) is 10.6 Å². The minimum absolute atomic E-state index is 0.0919. The highest BCUT2D eigenvalue weighted by Gasteiger charge is 2.18. The van der Waals surface area contributed by atoms with E-state index in [9.17, 15) is 4.79 Å². The quantitative estimate of drug-likeness (QED) is 0.605. The molecule has 82 valence electrons. The van der Waals surface area contributed by atoms with Crippen LogP contribution in [0.5, 0.6) is 5.75 Å². The number of ether oxygens (including phenoxy) is 1. The lowest BCUT2D eigenvalue weighted by Crippen LogP contribution is -2.14. The molecule has 1 aromatic rings. The Morgan fingerprint density at radius 3 is 2.73 bits per heavy atom. The van der Waals surface area contributed by atoms with E-state index in [1.807, 2.05) is 12.1 Å². The molecule has 2 nitrogen and oxygen atoms in total. The lowest BCUT2D eigenvalue weighted by Gasteiger charge is -2.10. The van der Waals surface area contributed by atoms with E-state index < -0.39 is 0 Å². The molecule has 0 amide bonds. The Bertz CT molecular complexity index is 336. The summed E-state index contributed by atoms with van der Waals surface area (Å²) in [6, 6.07) is 7.31. The molecule has 1 rings (SSSR count). The van der Waals surface area contributed by atoms with Crippen LogP contribution in [-0.2, 0) is 0 Å². The molecule has 0 fully saturated rings. The van der Waals surface area contributed by atoms with E-state index in [0.717, 1.165) is 12.8 Å². The predicted molar refractivity (Wildman–Crippen MR) is 64.9 cm³/mol. The van der Waals surface area contributed by atoms with Gasteiger partial charge in [-0.3, -0.25) is 4.79 Å². The van der Waals surface area contributed by atoms with Crippen molar-refractivity contribution in [2.45, 2.75) is 24.6 Å². The molecule has 0 heterocycles. The number of alkyl halides is 1. The second-order valence-electron chi connectivity index (χ2n) is 3.32. The summed E-state index contributed by atoms with van der Waals surface area (Å²) in [7, 11) is 1.58. The maximum absolute atomic E-state index is 12.0. The van der Waals surface area contributed by atoms with Crippen molar-refractivity contribution in [1.82, 2.24) is 0 Å². The zero-order valence-electron chi connectivity index (χ0n) is 9.00. The predicted octanol–water partition coefficient (Wildman–Crippen LogP) is 3.44. The molecule has 0 aliphatic rings. The van der Waals surface area contributed by atoms with Gasteiger partial charge in [0, 0.05) is 0 Å². The van der Waals surface area contributed by atoms with Gasteiger partial charge in [0.25, 0.3) is 0 Å². The largest absolute Gasteiger partial charge is 0.496 e. The van der Waals surface area contributed by atoms with Crippen LogP contribution in [-0.4, -0.2) is 17.7 Å². The maximum atomic E-state index is 12.0. The van der Waals surface area contributed by atoms with E-state index in [1.165, 1.54) is 0 Å². The molecule has 0 aliphatic carbocycles. The van der Waals surface area contributed by atoms with Crippen LogP contribution in [0.25, 0.3) is 0 Å². The number of para-hydroxylation sites is 1. The monoisotopic (exact) mass is 270 g/mol. The van der Waals surface area contributed by atoms with Gasteiger partial charge in [-0.05, 0) is 18.6 Å². The fraction of sp³-hybridized carbons (Fsp3) is 0.417. The van der Waals surface area contributed by atoms with Gasteiger partial charge in [0.05, 0.1) is 17.5 Å². The van der Waals surface area contributed by atoms with Gasteiger partial charge in [0.2, 0.25) is 0 Å². The first kappa shape index (κ1) is 12.2. The Morgan fingerprint density at radius 1 is 1.47 bits per heavy atom. The summed E-state index contributed by atoms with van der Waals surface area (Å²) >= 11 is 3.40. The number of benzene rings is 1. The van der Waals surface area contributed by atoms with Crippen LogP contribution in [0.2, 0.25) is 0 Å². The van der Waals surface area contributed by atoms with Gasteiger partial charge in [0.15, 0.2) is 5.78 Å². The summed E-state index contributed by atoms with van der Waals surface area (Å²) < 4.78 is 5.15. The van der Waals surface area contributed by atoms with Crippen LogP contribution >= 0.6 is 15.9 Å². The van der Waals surface area contributed by atoms with E-state index in [0.29, 0.717) is 11.3 Å². The molecular formula is C12H15BrO2. The molecule has 1 aromatic carbocycles. The van der Waals surface area contributed by atoms with Gasteiger partial charge in [-0.25, -0.2) is 0 Å². The second kappa shape index (κ2) is 5.91. The summed E-state index contributed by atoms with van der Waals surface area (Å²) in [6.45, 7) is 2.06. The molecule has 15 heavy (non-hydrogen) atoms. The lowest BCUT2D eigenvalue weighted by molar-refractivity contribution is 0.0985. The normalized spacial score (nSPS) is 12.2. The molecular weight excluding hydrogens is 256 g/mol. The standard InChI is InChI=1S/C12H15BrO2/c1-3-6-10(13)12(14)9-7-4-5-8-11(9)15-2/h4-5,7-8,10H,3,6H2,1-2H3. The van der Waals surface area contributed by atoms with E-state index >= 15 is 0 Å². The van der Waals surface area contributed by atoms with E-state index in [1.54, 1.807) is 19.2 Å². The third kappa shape index (κ3) is 3.06. The molecule has 0 saturated heterocycles. The highest BCUT2D eigenvalue weighted by Crippen LogP contribution is 2.23. The topological polar surface area (TPSA) is 26.3 Å². The minimum atomic E-state index is -0.112. The molecule has 1 unspecified atom stereocenters. The SMILES string of the molecule is CCCC(Br)C(=O)c1ccccc1OC. The minimum Gasteiger partial charge on any atom is -0.496 e. The Balaban J connectivity index is 2.90. The first-order valence-electron chi connectivity index (χ1n) is 5.02. The second-order valence-corrected chi connectivity index (χ2v) is 4.43. The van der Waals surface area contributed by atoms with Crippen molar-refractivity contribution < 1.29 is 9.53 Å². The molecule has 0 N–H and O–H groups in total. The Morgan fingerprint density at radius 2 is 2.13 bits per heavy atom. The van der Waals surface area contributed by atoms with Crippen molar-refractivity contribution in [3.05, 3.63) is 29.8 Å². The van der Waals surface area contributed by atoms with Crippen molar-refractivity contribution in [2.24, 2.45) is 0 Å². The van der Waals surface area contributed by atoms with Crippen molar-refractivity contribution >= 4 is 21.7 Å². The molecule has 0 spiro atoms. The lowest BCUT2D eigenvalue weighted by atomic mass is 10.0. The van der Waals surface area contributed by atoms with Gasteiger partial charge in [-0.15, -0.1) is 0 Å². The van der Waals surface area contributed by atoms with Crippen LogP contribution in [0, 0.1) is 0 Å². The Labute approximate surface area is 98.8 Å². The van der Waals surface area contributed by atoms with Crippen LogP contribution in [0.15, 0.2) is 24.3 Å². The molecule has 1 atom stereocenters. The molecule has 3 heteroatoms. The summed E-state index contributed by atoms with van der Waals surface area (Å²) in [5, 5.41) is 0. The first-order valence-corrected chi connectivity index (χ1v) is 5.93. The van der Waals surface area contributed by atoms with Crippen molar-refractivity contribution in [3.63, 3.8) is 0 Å². The Kier molecular flexibility index (Phi) is 4.82. The summed E-state index contributed by atoms with van der Waals surface area (Å²) in [6.07, 6.45) is 1.83. The van der Waals surface area contributed by atoms with Crippen molar-refractivity contribution in [3.8, 4) is 5.75 Å². The smallest absolute Gasteiger partial charge is 0.180 e. The van der Waals surface area contributed by atoms with Crippen LogP contribution in [0.4, 0.5) is 0 Å². The van der Waals surface area contributed by atoms with Crippen LogP contribution < -0.4 is 4.74 Å². The first-order chi connectivity index (χ1) is 7.20. The zero-order valence-corrected chi connectivity index (χ0v) is 10.6. The van der Waals surface area contributed by atoms with Crippen LogP contribution in [0.3, 0.4) is 0 Å². The summed E-state index contributed by atoms with van der Waals surface area (Å²) in [5.41, 5.74) is 0.648. The molecule has 0 aliphatic heterocycles. The molecule has 0 bridgehead atoms. The van der Waals surface area contributed by atoms with E-state index in [2.05, 4.69) is 22.9 Å². The number of methoxy groups -OCH3 is 1. The van der Waals surface area contributed by atoms with Crippen molar-refractivity contribution in [2.75, 3.05) is 7.11 Å². The number of halogens is 1. The third-order valence-corrected chi connectivity index (χ3v) is 3.07. The molecule has 0 aromatic heterocycles. The van der Waals surface area contributed by atoms with Crippen molar-refractivity contribution in [1.29, 1.82) is 0 Å². The fourth-order valence-corrected chi connectivity index (χ4v) is 2.11. The summed E-state index contributed by atoms with van der Waals surface area (Å²) in [5.74, 6) is 0.734. The number of rotatable bonds is 5. The summed E-state index contributed by atoms with van der Waals surface area (Å²) in [4.78, 5) is 11.9. The fourth-order valence-electron chi connectivity index (χ4n) is 1.40. The van der Waals surface area contributed by atoms with E-state index in [4.69, 9.17) is 4.74 Å². The van der Waals surface area contributed by atoms with Crippen LogP contribution in [0.1, 0.15) is 30.1 Å². The highest BCUT2D eigenvalue weighted by atomic mass is 79.9. The van der Waals surface area contributed by atoms with Gasteiger partial charge in [0.1, 0.15) is 5.75 Å². The van der Waals surface area contributed by atoms with Gasteiger partial charge in [-0.1, -0.05) is 41.4 Å². The van der Waals surface area contributed by atoms with Gasteiger partial charge >= 0.3 is 0 Å². The maximum Gasteiger partial charge on any atom is 0.180 e. The number of Topliss-reactive ketones (excluding diaryl/α,β-unsaturated/α-hetero) is 1. The number of hydrogen-bond acceptors (Lipinski definition) is 2. The number of carbonyl (C=O) groups excluding carboxylic acids is 1. The average Bonchev–Trinajstić information content (AvgIpc) is 2.28. The number of hydrogen-bond donors (Lipinski definition) is 0. The molecule has 0 radical (unpaired) electrons. The molecule has 0 saturated carbocycles. The number of carbonyl (C=O) groups is 1. The highest BCUT2D eigenvalue weighted by molar-refractivity contribution is 9.10.